The Bertz CT molecular complexity index is 1030. The van der Waals surface area contributed by atoms with Gasteiger partial charge in [-0.25, -0.2) is 4.98 Å². The minimum atomic E-state index is -0.290. The molecule has 0 atom stereocenters. The number of nitrogens with one attached hydrogen (secondary N) is 1. The molecule has 1 aromatic heterocycles. The van der Waals surface area contributed by atoms with Crippen molar-refractivity contribution in [1.29, 1.82) is 0 Å². The van der Waals surface area contributed by atoms with Crippen LogP contribution >= 0.6 is 11.3 Å². The van der Waals surface area contributed by atoms with Crippen LogP contribution in [0.15, 0.2) is 59.0 Å². The molecule has 0 saturated carbocycles. The molecule has 0 saturated heterocycles. The van der Waals surface area contributed by atoms with Crippen molar-refractivity contribution >= 4 is 34.4 Å². The van der Waals surface area contributed by atoms with Gasteiger partial charge in [-0.15, -0.1) is 11.3 Å². The van der Waals surface area contributed by atoms with E-state index in [9.17, 15) is 9.59 Å². The first-order chi connectivity index (χ1) is 14.0. The Hall–Kier alpha value is -3.32. The Labute approximate surface area is 173 Å². The van der Waals surface area contributed by atoms with Crippen molar-refractivity contribution in [3.05, 3.63) is 70.7 Å². The Morgan fingerprint density at radius 3 is 2.69 bits per heavy atom. The summed E-state index contributed by atoms with van der Waals surface area (Å²) in [4.78, 5) is 27.3. The molecule has 0 amide bonds. The van der Waals surface area contributed by atoms with Crippen molar-refractivity contribution in [2.24, 2.45) is 5.10 Å². The van der Waals surface area contributed by atoms with Crippen LogP contribution < -0.4 is 5.43 Å². The van der Waals surface area contributed by atoms with Gasteiger partial charge in [-0.3, -0.25) is 15.0 Å². The smallest absolute Gasteiger partial charge is 0.311 e. The molecule has 1 heterocycles. The van der Waals surface area contributed by atoms with Crippen molar-refractivity contribution in [3.63, 3.8) is 0 Å². The topological polar surface area (TPSA) is 80.6 Å². The maximum atomic E-state index is 11.6. The molecule has 0 unspecified atom stereocenters. The minimum absolute atomic E-state index is 0.0503. The zero-order valence-electron chi connectivity index (χ0n) is 16.2. The Morgan fingerprint density at radius 1 is 1.17 bits per heavy atom. The third-order valence-electron chi connectivity index (χ3n) is 4.07. The lowest BCUT2D eigenvalue weighted by Gasteiger charge is -2.04. The number of ketones is 1. The highest BCUT2D eigenvalue weighted by Crippen LogP contribution is 2.21. The van der Waals surface area contributed by atoms with Crippen molar-refractivity contribution < 1.29 is 14.3 Å². The lowest BCUT2D eigenvalue weighted by molar-refractivity contribution is -0.142. The van der Waals surface area contributed by atoms with Crippen molar-refractivity contribution in [1.82, 2.24) is 4.98 Å². The lowest BCUT2D eigenvalue weighted by atomic mass is 10.0. The summed E-state index contributed by atoms with van der Waals surface area (Å²) in [5, 5.41) is 6.61. The molecular weight excluding hydrogens is 386 g/mol. The molecule has 29 heavy (non-hydrogen) atoms. The second-order valence-electron chi connectivity index (χ2n) is 6.25. The predicted octanol–water partition coefficient (Wildman–Crippen LogP) is 4.56. The van der Waals surface area contributed by atoms with E-state index < -0.39 is 0 Å². The van der Waals surface area contributed by atoms with Crippen LogP contribution in [0, 0.1) is 0 Å². The van der Waals surface area contributed by atoms with Gasteiger partial charge in [0.2, 0.25) is 5.13 Å². The fourth-order valence-corrected chi connectivity index (χ4v) is 3.30. The van der Waals surface area contributed by atoms with Crippen LogP contribution in [0.4, 0.5) is 5.13 Å². The molecule has 0 spiro atoms. The molecule has 0 fully saturated rings. The number of hydrogen-bond donors (Lipinski definition) is 1. The Kier molecular flexibility index (Phi) is 6.86. The molecule has 0 radical (unpaired) electrons. The first kappa shape index (κ1) is 20.4. The van der Waals surface area contributed by atoms with Gasteiger partial charge >= 0.3 is 5.97 Å². The number of thiazole rings is 1. The quantitative estimate of drug-likeness (QED) is 0.256. The summed E-state index contributed by atoms with van der Waals surface area (Å²) < 4.78 is 4.91. The summed E-state index contributed by atoms with van der Waals surface area (Å²) in [6, 6.07) is 15.5. The van der Waals surface area contributed by atoms with E-state index in [-0.39, 0.29) is 18.2 Å². The number of rotatable bonds is 8. The predicted molar refractivity (Wildman–Crippen MR) is 116 cm³/mol. The number of nitrogens with zero attached hydrogens (tertiary/aromatic N) is 2. The third-order valence-corrected chi connectivity index (χ3v) is 4.87. The van der Waals surface area contributed by atoms with Gasteiger partial charge in [-0.05, 0) is 36.6 Å². The van der Waals surface area contributed by atoms with Gasteiger partial charge in [0.1, 0.15) is 0 Å². The molecule has 0 bridgehead atoms. The van der Waals surface area contributed by atoms with E-state index in [4.69, 9.17) is 4.74 Å². The molecule has 0 aliphatic rings. The zero-order chi connectivity index (χ0) is 20.6. The molecule has 0 aliphatic heterocycles. The largest absolute Gasteiger partial charge is 0.466 e. The molecule has 148 valence electrons. The summed E-state index contributed by atoms with van der Waals surface area (Å²) in [5.74, 6) is -0.240. The summed E-state index contributed by atoms with van der Waals surface area (Å²) in [5.41, 5.74) is 7.17. The number of hydrazone groups is 1. The molecule has 2 aromatic carbocycles. The lowest BCUT2D eigenvalue weighted by Crippen LogP contribution is -2.07. The first-order valence-electron chi connectivity index (χ1n) is 9.15. The number of carbonyl (C=O) groups is 2. The van der Waals surface area contributed by atoms with E-state index in [2.05, 4.69) is 15.5 Å². The summed E-state index contributed by atoms with van der Waals surface area (Å²) >= 11 is 1.38. The highest BCUT2D eigenvalue weighted by Gasteiger charge is 2.08. The fraction of sp³-hybridized carbons (Fsp3) is 0.182. The van der Waals surface area contributed by atoms with E-state index in [1.54, 1.807) is 25.4 Å². The van der Waals surface area contributed by atoms with Crippen LogP contribution in [-0.4, -0.2) is 29.6 Å². The number of anilines is 1. The maximum absolute atomic E-state index is 11.6. The van der Waals surface area contributed by atoms with Crippen LogP contribution in [0.25, 0.3) is 11.1 Å². The van der Waals surface area contributed by atoms with Crippen molar-refractivity contribution in [2.45, 2.75) is 20.3 Å². The average Bonchev–Trinajstić information content (AvgIpc) is 3.16. The average molecular weight is 407 g/mol. The highest BCUT2D eigenvalue weighted by atomic mass is 32.1. The fourth-order valence-electron chi connectivity index (χ4n) is 2.64. The Morgan fingerprint density at radius 2 is 1.97 bits per heavy atom. The number of aromatic nitrogens is 1. The van der Waals surface area contributed by atoms with Gasteiger partial charge in [0, 0.05) is 10.9 Å². The van der Waals surface area contributed by atoms with Crippen LogP contribution in [-0.2, 0) is 16.0 Å². The van der Waals surface area contributed by atoms with Gasteiger partial charge in [-0.1, -0.05) is 42.5 Å². The number of benzene rings is 2. The van der Waals surface area contributed by atoms with E-state index in [1.807, 2.05) is 48.5 Å². The van der Waals surface area contributed by atoms with E-state index in [0.717, 1.165) is 16.7 Å². The second kappa shape index (κ2) is 9.75. The Balaban J connectivity index is 1.59. The molecule has 0 aliphatic carbocycles. The number of hydrogen-bond acceptors (Lipinski definition) is 7. The van der Waals surface area contributed by atoms with Gasteiger partial charge in [-0.2, -0.15) is 5.10 Å². The van der Waals surface area contributed by atoms with Gasteiger partial charge in [0.05, 0.1) is 24.9 Å². The SMILES string of the molecule is CCOC(=O)Cc1csc(NN=Cc2ccc(-c3cccc(C(C)=O)c3)cc2)n1. The highest BCUT2D eigenvalue weighted by molar-refractivity contribution is 7.13. The zero-order valence-corrected chi connectivity index (χ0v) is 17.0. The van der Waals surface area contributed by atoms with E-state index in [0.29, 0.717) is 23.0 Å². The molecular formula is C22H21N3O3S. The molecule has 3 aromatic rings. The summed E-state index contributed by atoms with van der Waals surface area (Å²) in [7, 11) is 0. The van der Waals surface area contributed by atoms with Crippen LogP contribution in [0.5, 0.6) is 0 Å². The standard InChI is InChI=1S/C22H21N3O3S/c1-3-28-21(27)12-20-14-29-22(24-20)25-23-13-16-7-9-17(10-8-16)19-6-4-5-18(11-19)15(2)26/h4-11,13-14H,3,12H2,1-2H3,(H,24,25). The maximum Gasteiger partial charge on any atom is 0.311 e. The van der Waals surface area contributed by atoms with E-state index in [1.165, 1.54) is 11.3 Å². The molecule has 7 heteroatoms. The van der Waals surface area contributed by atoms with E-state index >= 15 is 0 Å². The number of Topliss-reactive ketones (excluding diaryl/α,β-unsaturated/α-hetero) is 1. The first-order valence-corrected chi connectivity index (χ1v) is 10.0. The van der Waals surface area contributed by atoms with Crippen LogP contribution in [0.2, 0.25) is 0 Å². The minimum Gasteiger partial charge on any atom is -0.466 e. The monoisotopic (exact) mass is 407 g/mol. The number of esters is 1. The second-order valence-corrected chi connectivity index (χ2v) is 7.11. The molecule has 1 N–H and O–H groups in total. The van der Waals surface area contributed by atoms with Crippen LogP contribution in [0.3, 0.4) is 0 Å². The van der Waals surface area contributed by atoms with Crippen molar-refractivity contribution in [2.75, 3.05) is 12.0 Å². The van der Waals surface area contributed by atoms with Crippen LogP contribution in [0.1, 0.15) is 35.5 Å². The summed E-state index contributed by atoms with van der Waals surface area (Å²) in [6.45, 7) is 3.70. The normalized spacial score (nSPS) is 10.8. The van der Waals surface area contributed by atoms with Gasteiger partial charge < -0.3 is 4.74 Å². The van der Waals surface area contributed by atoms with Gasteiger partial charge in [0.25, 0.3) is 0 Å². The molecule has 6 nitrogen and oxygen atoms in total. The molecule has 3 rings (SSSR count). The summed E-state index contributed by atoms with van der Waals surface area (Å²) in [6.07, 6.45) is 1.85. The third kappa shape index (κ3) is 5.83. The van der Waals surface area contributed by atoms with Crippen molar-refractivity contribution in [3.8, 4) is 11.1 Å². The van der Waals surface area contributed by atoms with Gasteiger partial charge in [0.15, 0.2) is 5.78 Å². The number of carbonyl (C=O) groups excluding carboxylic acids is 2. The number of ether oxygens (including phenoxy) is 1.